The second-order valence-corrected chi connectivity index (χ2v) is 5.69. The summed E-state index contributed by atoms with van der Waals surface area (Å²) < 4.78 is 4.97. The Labute approximate surface area is 121 Å². The summed E-state index contributed by atoms with van der Waals surface area (Å²) in [5.74, 6) is 1.63. The fourth-order valence-electron chi connectivity index (χ4n) is 2.80. The number of allylic oxidation sites excluding steroid dienone is 4. The number of rotatable bonds is 3. The Morgan fingerprint density at radius 3 is 2.50 bits per heavy atom. The Balaban J connectivity index is 2.30. The highest BCUT2D eigenvalue weighted by Crippen LogP contribution is 2.31. The normalized spacial score (nSPS) is 21.8. The molecule has 2 nitrogen and oxygen atoms in total. The lowest BCUT2D eigenvalue weighted by Crippen LogP contribution is -2.11. The summed E-state index contributed by atoms with van der Waals surface area (Å²) in [6.07, 6.45) is 7.23. The molecular weight excluding hydrogens is 246 g/mol. The Bertz CT molecular complexity index is 604. The average Bonchev–Trinajstić information content (AvgIpc) is 2.39. The molecule has 0 fully saturated rings. The first-order valence-electron chi connectivity index (χ1n) is 7.05. The number of nitrogens with zero attached hydrogens (tertiary/aromatic N) is 1. The number of nitriles is 1. The standard InChI is InChI=1S/C18H21NO/c1-12-7-16(9-17(8-12)20-11-19)10-18-14(3)6-5-13(2)15(18)4/h5-9,13-14H,10H2,1-4H3. The number of aryl methyl sites for hydroxylation is 1. The molecule has 1 aromatic rings. The maximum atomic E-state index is 8.65. The summed E-state index contributed by atoms with van der Waals surface area (Å²) in [6, 6.07) is 6.02. The van der Waals surface area contributed by atoms with Gasteiger partial charge in [0, 0.05) is 0 Å². The molecule has 1 aliphatic carbocycles. The molecule has 2 atom stereocenters. The molecule has 20 heavy (non-hydrogen) atoms. The molecule has 0 spiro atoms. The van der Waals surface area contributed by atoms with Crippen LogP contribution in [0.3, 0.4) is 0 Å². The third-order valence-corrected chi connectivity index (χ3v) is 4.10. The van der Waals surface area contributed by atoms with E-state index in [1.807, 2.05) is 19.1 Å². The Morgan fingerprint density at radius 2 is 1.80 bits per heavy atom. The van der Waals surface area contributed by atoms with Crippen molar-refractivity contribution in [2.75, 3.05) is 0 Å². The molecule has 0 aliphatic heterocycles. The van der Waals surface area contributed by atoms with E-state index in [9.17, 15) is 0 Å². The van der Waals surface area contributed by atoms with Gasteiger partial charge in [0.2, 0.25) is 0 Å². The molecular formula is C18H21NO. The zero-order chi connectivity index (χ0) is 14.7. The van der Waals surface area contributed by atoms with Gasteiger partial charge in [0.05, 0.1) is 0 Å². The molecule has 0 N–H and O–H groups in total. The topological polar surface area (TPSA) is 33.0 Å². The van der Waals surface area contributed by atoms with Gasteiger partial charge < -0.3 is 4.74 Å². The van der Waals surface area contributed by atoms with E-state index in [0.717, 1.165) is 12.0 Å². The van der Waals surface area contributed by atoms with Crippen LogP contribution < -0.4 is 4.74 Å². The van der Waals surface area contributed by atoms with Crippen molar-refractivity contribution in [2.24, 2.45) is 11.8 Å². The molecule has 2 heteroatoms. The van der Waals surface area contributed by atoms with Gasteiger partial charge in [-0.1, -0.05) is 43.2 Å². The van der Waals surface area contributed by atoms with Crippen molar-refractivity contribution in [1.29, 1.82) is 5.26 Å². The molecule has 0 saturated carbocycles. The lowest BCUT2D eigenvalue weighted by atomic mass is 9.81. The summed E-state index contributed by atoms with van der Waals surface area (Å²) in [5.41, 5.74) is 5.27. The van der Waals surface area contributed by atoms with Crippen molar-refractivity contribution in [3.8, 4) is 12.0 Å². The van der Waals surface area contributed by atoms with E-state index in [4.69, 9.17) is 10.00 Å². The minimum Gasteiger partial charge on any atom is -0.388 e. The van der Waals surface area contributed by atoms with E-state index < -0.39 is 0 Å². The van der Waals surface area contributed by atoms with Crippen LogP contribution in [0.5, 0.6) is 5.75 Å². The third-order valence-electron chi connectivity index (χ3n) is 4.10. The zero-order valence-electron chi connectivity index (χ0n) is 12.6. The van der Waals surface area contributed by atoms with Crippen molar-refractivity contribution in [1.82, 2.24) is 0 Å². The van der Waals surface area contributed by atoms with E-state index in [-0.39, 0.29) is 0 Å². The van der Waals surface area contributed by atoms with Gasteiger partial charge in [0.15, 0.2) is 0 Å². The highest BCUT2D eigenvalue weighted by Gasteiger charge is 2.18. The second-order valence-electron chi connectivity index (χ2n) is 5.69. The minimum absolute atomic E-state index is 0.479. The number of ether oxygens (including phenoxy) is 1. The van der Waals surface area contributed by atoms with Crippen LogP contribution in [0.4, 0.5) is 0 Å². The first kappa shape index (κ1) is 14.4. The summed E-state index contributed by atoms with van der Waals surface area (Å²) in [4.78, 5) is 0. The molecule has 1 aliphatic rings. The molecule has 0 amide bonds. The fraction of sp³-hybridized carbons (Fsp3) is 0.389. The number of benzene rings is 1. The van der Waals surface area contributed by atoms with Gasteiger partial charge in [0.25, 0.3) is 6.26 Å². The maximum absolute atomic E-state index is 8.65. The van der Waals surface area contributed by atoms with Crippen LogP contribution in [0.25, 0.3) is 0 Å². The van der Waals surface area contributed by atoms with Crippen LogP contribution in [0, 0.1) is 30.3 Å². The number of hydrogen-bond acceptors (Lipinski definition) is 2. The van der Waals surface area contributed by atoms with Crippen molar-refractivity contribution >= 4 is 0 Å². The first-order valence-corrected chi connectivity index (χ1v) is 7.05. The molecule has 0 aromatic heterocycles. The van der Waals surface area contributed by atoms with Gasteiger partial charge in [-0.3, -0.25) is 0 Å². The Morgan fingerprint density at radius 1 is 1.10 bits per heavy atom. The smallest absolute Gasteiger partial charge is 0.292 e. The van der Waals surface area contributed by atoms with Crippen molar-refractivity contribution in [3.63, 3.8) is 0 Å². The molecule has 1 aromatic carbocycles. The third kappa shape index (κ3) is 3.11. The van der Waals surface area contributed by atoms with E-state index in [1.54, 1.807) is 6.26 Å². The monoisotopic (exact) mass is 267 g/mol. The Hall–Kier alpha value is -2.01. The zero-order valence-corrected chi connectivity index (χ0v) is 12.6. The largest absolute Gasteiger partial charge is 0.388 e. The van der Waals surface area contributed by atoms with Crippen LogP contribution in [-0.2, 0) is 6.42 Å². The van der Waals surface area contributed by atoms with Crippen molar-refractivity contribution < 1.29 is 4.74 Å². The van der Waals surface area contributed by atoms with Gasteiger partial charge in [0.1, 0.15) is 5.75 Å². The van der Waals surface area contributed by atoms with Crippen molar-refractivity contribution in [3.05, 3.63) is 52.6 Å². The predicted molar refractivity (Wildman–Crippen MR) is 81.3 cm³/mol. The molecule has 104 valence electrons. The molecule has 2 unspecified atom stereocenters. The van der Waals surface area contributed by atoms with Crippen LogP contribution in [0.2, 0.25) is 0 Å². The highest BCUT2D eigenvalue weighted by atomic mass is 16.5. The van der Waals surface area contributed by atoms with Gasteiger partial charge in [-0.05, 0) is 55.4 Å². The minimum atomic E-state index is 0.479. The SMILES string of the molecule is CC1=C(Cc2cc(C)cc(OC#N)c2)C(C)C=CC1C. The van der Waals surface area contributed by atoms with E-state index in [1.165, 1.54) is 16.7 Å². The summed E-state index contributed by atoms with van der Waals surface area (Å²) in [7, 11) is 0. The lowest BCUT2D eigenvalue weighted by molar-refractivity contribution is 0.506. The van der Waals surface area contributed by atoms with Gasteiger partial charge >= 0.3 is 0 Å². The van der Waals surface area contributed by atoms with Crippen LogP contribution in [0.15, 0.2) is 41.5 Å². The van der Waals surface area contributed by atoms with Gasteiger partial charge in [-0.15, -0.1) is 5.26 Å². The van der Waals surface area contributed by atoms with E-state index in [2.05, 4.69) is 39.0 Å². The molecule has 0 bridgehead atoms. The highest BCUT2D eigenvalue weighted by molar-refractivity contribution is 5.39. The lowest BCUT2D eigenvalue weighted by Gasteiger charge is -2.24. The first-order chi connectivity index (χ1) is 9.51. The second kappa shape index (κ2) is 5.96. The van der Waals surface area contributed by atoms with Crippen LogP contribution in [0.1, 0.15) is 31.9 Å². The number of hydrogen-bond donors (Lipinski definition) is 0. The summed E-state index contributed by atoms with van der Waals surface area (Å²) in [5, 5.41) is 8.65. The fourth-order valence-corrected chi connectivity index (χ4v) is 2.80. The average molecular weight is 267 g/mol. The summed E-state index contributed by atoms with van der Waals surface area (Å²) >= 11 is 0. The van der Waals surface area contributed by atoms with E-state index in [0.29, 0.717) is 17.6 Å². The summed E-state index contributed by atoms with van der Waals surface area (Å²) in [6.45, 7) is 8.73. The predicted octanol–water partition coefficient (Wildman–Crippen LogP) is 4.56. The van der Waals surface area contributed by atoms with Gasteiger partial charge in [-0.25, -0.2) is 0 Å². The van der Waals surface area contributed by atoms with Crippen LogP contribution >= 0.6 is 0 Å². The molecule has 2 rings (SSSR count). The Kier molecular flexibility index (Phi) is 4.29. The van der Waals surface area contributed by atoms with E-state index >= 15 is 0 Å². The quantitative estimate of drug-likeness (QED) is 0.594. The molecule has 0 saturated heterocycles. The van der Waals surface area contributed by atoms with Crippen LogP contribution in [-0.4, -0.2) is 0 Å². The molecule has 0 heterocycles. The van der Waals surface area contributed by atoms with Crippen molar-refractivity contribution in [2.45, 2.75) is 34.1 Å². The maximum Gasteiger partial charge on any atom is 0.292 e. The van der Waals surface area contributed by atoms with Gasteiger partial charge in [-0.2, -0.15) is 0 Å². The molecule has 0 radical (unpaired) electrons.